The third-order valence-electron chi connectivity index (χ3n) is 2.42. The van der Waals surface area contributed by atoms with Crippen molar-refractivity contribution in [2.75, 3.05) is 0 Å². The lowest BCUT2D eigenvalue weighted by Gasteiger charge is -2.05. The minimum Gasteiger partial charge on any atom is -0.325 e. The highest BCUT2D eigenvalue weighted by Gasteiger charge is 2.12. The highest BCUT2D eigenvalue weighted by molar-refractivity contribution is 5.61. The predicted octanol–water partition coefficient (Wildman–Crippen LogP) is 1.73. The lowest BCUT2D eigenvalue weighted by atomic mass is 10.1. The number of halogens is 1. The molecule has 1 aromatic heterocycles. The number of hydrogen-bond donors (Lipinski definition) is 1. The van der Waals surface area contributed by atoms with E-state index in [0.717, 1.165) is 11.3 Å². The number of hydrogen-bond acceptors (Lipinski definition) is 3. The van der Waals surface area contributed by atoms with Crippen LogP contribution in [0.3, 0.4) is 0 Å². The first kappa shape index (κ1) is 11.5. The van der Waals surface area contributed by atoms with E-state index in [0.29, 0.717) is 18.8 Å². The van der Waals surface area contributed by atoms with Crippen LogP contribution in [0.15, 0.2) is 36.9 Å². The highest BCUT2D eigenvalue weighted by atomic mass is 19.1. The zero-order valence-corrected chi connectivity index (χ0v) is 9.31. The van der Waals surface area contributed by atoms with E-state index in [1.807, 2.05) is 0 Å². The largest absolute Gasteiger partial charge is 0.325 e. The van der Waals surface area contributed by atoms with Crippen molar-refractivity contribution in [3.63, 3.8) is 0 Å². The van der Waals surface area contributed by atoms with Crippen molar-refractivity contribution < 1.29 is 4.39 Å². The van der Waals surface area contributed by atoms with E-state index in [1.165, 1.54) is 12.1 Å². The zero-order valence-electron chi connectivity index (χ0n) is 9.31. The van der Waals surface area contributed by atoms with Gasteiger partial charge in [-0.1, -0.05) is 11.3 Å². The number of benzene rings is 1. The molecule has 0 aliphatic carbocycles. The first-order chi connectivity index (χ1) is 8.26. The van der Waals surface area contributed by atoms with Crippen molar-refractivity contribution in [1.82, 2.24) is 15.0 Å². The van der Waals surface area contributed by atoms with Gasteiger partial charge in [0.2, 0.25) is 0 Å². The van der Waals surface area contributed by atoms with Gasteiger partial charge in [0.05, 0.1) is 12.2 Å². The van der Waals surface area contributed by atoms with E-state index >= 15 is 0 Å². The molecule has 0 aliphatic heterocycles. The number of nitrogens with two attached hydrogens (primary N) is 1. The van der Waals surface area contributed by atoms with E-state index in [4.69, 9.17) is 5.73 Å². The maximum atomic E-state index is 12.9. The van der Waals surface area contributed by atoms with E-state index in [-0.39, 0.29) is 5.82 Å². The van der Waals surface area contributed by atoms with Gasteiger partial charge in [-0.3, -0.25) is 0 Å². The van der Waals surface area contributed by atoms with E-state index < -0.39 is 0 Å². The van der Waals surface area contributed by atoms with Gasteiger partial charge in [-0.25, -0.2) is 9.07 Å². The van der Waals surface area contributed by atoms with Crippen LogP contribution in [0.1, 0.15) is 5.69 Å². The molecule has 0 aliphatic rings. The van der Waals surface area contributed by atoms with Gasteiger partial charge in [-0.2, -0.15) is 0 Å². The topological polar surface area (TPSA) is 56.7 Å². The molecule has 0 bridgehead atoms. The molecular formula is C12H13FN4. The van der Waals surface area contributed by atoms with Gasteiger partial charge >= 0.3 is 0 Å². The van der Waals surface area contributed by atoms with Crippen molar-refractivity contribution >= 4 is 0 Å². The Bertz CT molecular complexity index is 516. The number of aromatic nitrogens is 3. The number of allylic oxidation sites excluding steroid dienone is 1. The molecule has 1 aromatic carbocycles. The van der Waals surface area contributed by atoms with E-state index in [2.05, 4.69) is 16.9 Å². The third kappa shape index (κ3) is 2.24. The highest BCUT2D eigenvalue weighted by Crippen LogP contribution is 2.22. The maximum absolute atomic E-state index is 12.9. The van der Waals surface area contributed by atoms with Gasteiger partial charge in [-0.05, 0) is 24.3 Å². The lowest BCUT2D eigenvalue weighted by molar-refractivity contribution is 0.627. The molecule has 5 heteroatoms. The minimum absolute atomic E-state index is 0.272. The third-order valence-corrected chi connectivity index (χ3v) is 2.42. The summed E-state index contributed by atoms with van der Waals surface area (Å²) in [4.78, 5) is 0. The summed E-state index contributed by atoms with van der Waals surface area (Å²) in [5.41, 5.74) is 7.96. The van der Waals surface area contributed by atoms with Crippen LogP contribution in [-0.4, -0.2) is 15.0 Å². The Morgan fingerprint density at radius 3 is 2.65 bits per heavy atom. The molecule has 1 heterocycles. The molecule has 88 valence electrons. The minimum atomic E-state index is -0.272. The van der Waals surface area contributed by atoms with Crippen LogP contribution in [0.4, 0.5) is 4.39 Å². The molecular weight excluding hydrogens is 219 g/mol. The summed E-state index contributed by atoms with van der Waals surface area (Å²) in [5.74, 6) is -0.272. The molecule has 0 unspecified atom stereocenters. The van der Waals surface area contributed by atoms with Crippen LogP contribution in [0.2, 0.25) is 0 Å². The quantitative estimate of drug-likeness (QED) is 0.817. The molecule has 0 atom stereocenters. The summed E-state index contributed by atoms with van der Waals surface area (Å²) >= 11 is 0. The molecule has 0 fully saturated rings. The fourth-order valence-corrected chi connectivity index (χ4v) is 1.66. The molecule has 0 saturated heterocycles. The molecule has 2 rings (SSSR count). The monoisotopic (exact) mass is 232 g/mol. The Morgan fingerprint density at radius 1 is 1.35 bits per heavy atom. The van der Waals surface area contributed by atoms with Crippen LogP contribution >= 0.6 is 0 Å². The van der Waals surface area contributed by atoms with E-state index in [1.54, 1.807) is 22.9 Å². The average molecular weight is 232 g/mol. The van der Waals surface area contributed by atoms with Gasteiger partial charge in [0.15, 0.2) is 0 Å². The second-order valence-electron chi connectivity index (χ2n) is 3.57. The summed E-state index contributed by atoms with van der Waals surface area (Å²) in [7, 11) is 0. The molecule has 2 aromatic rings. The summed E-state index contributed by atoms with van der Waals surface area (Å²) < 4.78 is 14.6. The Balaban J connectivity index is 2.51. The van der Waals surface area contributed by atoms with Crippen molar-refractivity contribution in [2.24, 2.45) is 5.73 Å². The maximum Gasteiger partial charge on any atom is 0.123 e. The number of nitrogens with zero attached hydrogens (tertiary/aromatic N) is 3. The number of rotatable bonds is 4. The van der Waals surface area contributed by atoms with Crippen LogP contribution in [-0.2, 0) is 13.1 Å². The predicted molar refractivity (Wildman–Crippen MR) is 63.5 cm³/mol. The van der Waals surface area contributed by atoms with Gasteiger partial charge in [-0.15, -0.1) is 11.7 Å². The van der Waals surface area contributed by atoms with Crippen LogP contribution in [0.5, 0.6) is 0 Å². The first-order valence-electron chi connectivity index (χ1n) is 5.25. The molecule has 17 heavy (non-hydrogen) atoms. The van der Waals surface area contributed by atoms with Crippen molar-refractivity contribution in [3.8, 4) is 11.3 Å². The Morgan fingerprint density at radius 2 is 2.06 bits per heavy atom. The van der Waals surface area contributed by atoms with Crippen molar-refractivity contribution in [3.05, 3.63) is 48.4 Å². The van der Waals surface area contributed by atoms with Crippen LogP contribution in [0, 0.1) is 5.82 Å². The van der Waals surface area contributed by atoms with Crippen LogP contribution < -0.4 is 5.73 Å². The Labute approximate surface area is 98.6 Å². The van der Waals surface area contributed by atoms with Crippen LogP contribution in [0.25, 0.3) is 11.3 Å². The fraction of sp³-hybridized carbons (Fsp3) is 0.167. The van der Waals surface area contributed by atoms with E-state index in [9.17, 15) is 4.39 Å². The normalized spacial score (nSPS) is 10.5. The smallest absolute Gasteiger partial charge is 0.123 e. The van der Waals surface area contributed by atoms with Gasteiger partial charge in [0.25, 0.3) is 0 Å². The second-order valence-corrected chi connectivity index (χ2v) is 3.57. The Kier molecular flexibility index (Phi) is 3.30. The Hall–Kier alpha value is -2.01. The average Bonchev–Trinajstić information content (AvgIpc) is 2.74. The SMILES string of the molecule is C=CCn1nnc(CN)c1-c1ccc(F)cc1. The second kappa shape index (κ2) is 4.88. The molecule has 4 nitrogen and oxygen atoms in total. The molecule has 2 N–H and O–H groups in total. The molecule has 0 saturated carbocycles. The van der Waals surface area contributed by atoms with Crippen molar-refractivity contribution in [2.45, 2.75) is 13.1 Å². The zero-order chi connectivity index (χ0) is 12.3. The fourth-order valence-electron chi connectivity index (χ4n) is 1.66. The lowest BCUT2D eigenvalue weighted by Crippen LogP contribution is -2.03. The molecule has 0 amide bonds. The molecule has 0 radical (unpaired) electrons. The first-order valence-corrected chi connectivity index (χ1v) is 5.25. The summed E-state index contributed by atoms with van der Waals surface area (Å²) in [5, 5.41) is 8.00. The molecule has 0 spiro atoms. The van der Waals surface area contributed by atoms with Crippen molar-refractivity contribution in [1.29, 1.82) is 0 Å². The summed E-state index contributed by atoms with van der Waals surface area (Å²) in [6.45, 7) is 4.50. The standard InChI is InChI=1S/C12H13FN4/c1-2-7-17-12(11(8-14)15-16-17)9-3-5-10(13)6-4-9/h2-6H,1,7-8,14H2. The summed E-state index contributed by atoms with van der Waals surface area (Å²) in [6, 6.07) is 6.18. The van der Waals surface area contributed by atoms with Gasteiger partial charge in [0.1, 0.15) is 11.5 Å². The summed E-state index contributed by atoms with van der Waals surface area (Å²) in [6.07, 6.45) is 1.72. The van der Waals surface area contributed by atoms with Gasteiger partial charge < -0.3 is 5.73 Å². The van der Waals surface area contributed by atoms with Gasteiger partial charge in [0, 0.05) is 12.1 Å².